The molecular formula is C33H39Cl2N3O2. The molecule has 3 aliphatic rings. The number of nitrogens with zero attached hydrogens (tertiary/aromatic N) is 1. The minimum atomic E-state index is -0.115. The molecule has 1 aliphatic heterocycles. The summed E-state index contributed by atoms with van der Waals surface area (Å²) in [6.45, 7) is 2.36. The number of carbonyl (C=O) groups is 1. The predicted molar refractivity (Wildman–Crippen MR) is 165 cm³/mol. The summed E-state index contributed by atoms with van der Waals surface area (Å²) in [6, 6.07) is 9.82. The highest BCUT2D eigenvalue weighted by Gasteiger charge is 2.33. The Hall–Kier alpha value is -2.34. The van der Waals surface area contributed by atoms with Crippen LogP contribution in [0.3, 0.4) is 0 Å². The average Bonchev–Trinajstić information content (AvgIpc) is 3.83. The van der Waals surface area contributed by atoms with Gasteiger partial charge in [-0.1, -0.05) is 42.1 Å². The molecule has 1 saturated heterocycles. The van der Waals surface area contributed by atoms with E-state index in [2.05, 4.69) is 21.7 Å². The van der Waals surface area contributed by atoms with Crippen LogP contribution in [0.25, 0.3) is 22.0 Å². The maximum atomic E-state index is 13.4. The Bertz CT molecular complexity index is 1350. The minimum absolute atomic E-state index is 0.115. The van der Waals surface area contributed by atoms with E-state index < -0.39 is 0 Å². The van der Waals surface area contributed by atoms with Crippen molar-refractivity contribution >= 4 is 45.6 Å². The third kappa shape index (κ3) is 6.27. The van der Waals surface area contributed by atoms with Crippen LogP contribution >= 0.6 is 23.2 Å². The second-order valence-corrected chi connectivity index (χ2v) is 13.0. The molecule has 0 amide bonds. The van der Waals surface area contributed by atoms with Crippen molar-refractivity contribution in [3.63, 3.8) is 0 Å². The van der Waals surface area contributed by atoms with Crippen molar-refractivity contribution in [2.75, 3.05) is 18.4 Å². The number of aromatic hydroxyl groups is 1. The van der Waals surface area contributed by atoms with Gasteiger partial charge in [-0.15, -0.1) is 0 Å². The molecule has 2 heterocycles. The number of carbonyl (C=O) groups excluding carboxylic acids is 1. The molecule has 1 aromatic heterocycles. The third-order valence-corrected chi connectivity index (χ3v) is 9.88. The monoisotopic (exact) mass is 579 g/mol. The van der Waals surface area contributed by atoms with Gasteiger partial charge in [-0.05, 0) is 118 Å². The molecule has 40 heavy (non-hydrogen) atoms. The molecule has 0 radical (unpaired) electrons. The van der Waals surface area contributed by atoms with Gasteiger partial charge >= 0.3 is 0 Å². The van der Waals surface area contributed by atoms with Gasteiger partial charge in [-0.2, -0.15) is 0 Å². The molecule has 7 heteroatoms. The van der Waals surface area contributed by atoms with Crippen LogP contribution in [-0.2, 0) is 0 Å². The number of Topliss-reactive ketones (excluding diaryl/α,β-unsaturated/α-hetero) is 1. The van der Waals surface area contributed by atoms with Crippen molar-refractivity contribution < 1.29 is 9.90 Å². The van der Waals surface area contributed by atoms with Crippen LogP contribution in [0, 0.1) is 17.8 Å². The molecule has 2 aromatic carbocycles. The van der Waals surface area contributed by atoms with Gasteiger partial charge in [0, 0.05) is 23.5 Å². The number of benzene rings is 2. The SMILES string of the molecule is O=C(c1cnc2ccc(-c3cc(Cl)c(O)c(Cl)c3)cc2c1NC1CCC(CCC2CCCNCC2)CC1)C1CC1. The van der Waals surface area contributed by atoms with E-state index in [0.717, 1.165) is 65.2 Å². The number of pyridine rings is 1. The highest BCUT2D eigenvalue weighted by Crippen LogP contribution is 2.41. The van der Waals surface area contributed by atoms with Gasteiger partial charge < -0.3 is 15.7 Å². The Morgan fingerprint density at radius 2 is 1.62 bits per heavy atom. The standard InChI is InChI=1S/C33H39Cl2N3O2/c34-28-17-24(18-29(35)33(28)40)23-9-12-30-26(16-23)31(27(19-37-30)32(39)22-7-8-22)38-25-10-5-21(6-11-25)4-3-20-2-1-14-36-15-13-20/h9,12,16-22,25,36,40H,1-8,10-11,13-15H2,(H,37,38). The number of hydrogen-bond acceptors (Lipinski definition) is 5. The van der Waals surface area contributed by atoms with Crippen LogP contribution in [0.4, 0.5) is 5.69 Å². The van der Waals surface area contributed by atoms with Crippen LogP contribution < -0.4 is 10.6 Å². The average molecular weight is 581 g/mol. The highest BCUT2D eigenvalue weighted by atomic mass is 35.5. The van der Waals surface area contributed by atoms with Crippen LogP contribution in [0.5, 0.6) is 5.75 Å². The van der Waals surface area contributed by atoms with Gasteiger partial charge in [0.1, 0.15) is 0 Å². The number of rotatable bonds is 8. The number of nitrogens with one attached hydrogen (secondary N) is 2. The summed E-state index contributed by atoms with van der Waals surface area (Å²) in [5.41, 5.74) is 4.19. The summed E-state index contributed by atoms with van der Waals surface area (Å²) in [4.78, 5) is 18.0. The molecule has 3 fully saturated rings. The van der Waals surface area contributed by atoms with E-state index >= 15 is 0 Å². The molecule has 6 rings (SSSR count). The largest absolute Gasteiger partial charge is 0.505 e. The van der Waals surface area contributed by atoms with Gasteiger partial charge in [0.2, 0.25) is 0 Å². The maximum absolute atomic E-state index is 13.4. The van der Waals surface area contributed by atoms with Gasteiger partial charge in [0.25, 0.3) is 0 Å². The lowest BCUT2D eigenvalue weighted by atomic mass is 9.81. The van der Waals surface area contributed by atoms with E-state index in [1.807, 2.05) is 12.1 Å². The van der Waals surface area contributed by atoms with Gasteiger partial charge in [0.05, 0.1) is 26.8 Å². The number of phenolic OH excluding ortho intramolecular Hbond substituents is 1. The maximum Gasteiger partial charge on any atom is 0.169 e. The molecule has 3 N–H and O–H groups in total. The third-order valence-electron chi connectivity index (χ3n) is 9.31. The molecule has 2 saturated carbocycles. The zero-order chi connectivity index (χ0) is 27.6. The summed E-state index contributed by atoms with van der Waals surface area (Å²) >= 11 is 12.5. The Kier molecular flexibility index (Phi) is 8.53. The normalized spacial score (nSPS) is 23.6. The first kappa shape index (κ1) is 27.8. The van der Waals surface area contributed by atoms with Crippen molar-refractivity contribution in [3.8, 4) is 16.9 Å². The summed E-state index contributed by atoms with van der Waals surface area (Å²) in [7, 11) is 0. The van der Waals surface area contributed by atoms with Crippen molar-refractivity contribution in [1.29, 1.82) is 0 Å². The van der Waals surface area contributed by atoms with Gasteiger partial charge in [-0.25, -0.2) is 0 Å². The summed E-state index contributed by atoms with van der Waals surface area (Å²) < 4.78 is 0. The number of anilines is 1. The summed E-state index contributed by atoms with van der Waals surface area (Å²) in [5, 5.41) is 18.8. The fraction of sp³-hybridized carbons (Fsp3) is 0.515. The van der Waals surface area contributed by atoms with Crippen molar-refractivity contribution in [3.05, 3.63) is 52.1 Å². The van der Waals surface area contributed by atoms with Crippen molar-refractivity contribution in [2.45, 2.75) is 76.7 Å². The Balaban J connectivity index is 1.22. The van der Waals surface area contributed by atoms with Crippen LogP contribution in [0.2, 0.25) is 10.0 Å². The molecule has 0 spiro atoms. The molecule has 3 aromatic rings. The fourth-order valence-electron chi connectivity index (χ4n) is 6.66. The topological polar surface area (TPSA) is 74.2 Å². The van der Waals surface area contributed by atoms with Crippen LogP contribution in [-0.4, -0.2) is 35.0 Å². The van der Waals surface area contributed by atoms with E-state index in [1.54, 1.807) is 18.3 Å². The molecular weight excluding hydrogens is 541 g/mol. The van der Waals surface area contributed by atoms with E-state index in [9.17, 15) is 9.90 Å². The summed E-state index contributed by atoms with van der Waals surface area (Å²) in [6.07, 6.45) is 15.2. The highest BCUT2D eigenvalue weighted by molar-refractivity contribution is 6.37. The Morgan fingerprint density at radius 1 is 0.900 bits per heavy atom. The molecule has 2 aliphatic carbocycles. The van der Waals surface area contributed by atoms with E-state index in [1.165, 1.54) is 58.0 Å². The number of halogens is 2. The molecule has 0 bridgehead atoms. The lowest BCUT2D eigenvalue weighted by Gasteiger charge is -2.31. The van der Waals surface area contributed by atoms with E-state index in [4.69, 9.17) is 23.2 Å². The Labute approximate surface area is 247 Å². The lowest BCUT2D eigenvalue weighted by Crippen LogP contribution is -2.27. The lowest BCUT2D eigenvalue weighted by molar-refractivity contribution is 0.0968. The number of hydrogen-bond donors (Lipinski definition) is 3. The van der Waals surface area contributed by atoms with E-state index in [0.29, 0.717) is 11.6 Å². The van der Waals surface area contributed by atoms with Crippen molar-refractivity contribution in [2.24, 2.45) is 17.8 Å². The molecule has 5 nitrogen and oxygen atoms in total. The van der Waals surface area contributed by atoms with Crippen LogP contribution in [0.15, 0.2) is 36.5 Å². The molecule has 1 unspecified atom stereocenters. The second-order valence-electron chi connectivity index (χ2n) is 12.2. The number of phenols is 1. The number of fused-ring (bicyclic) bond motifs is 1. The van der Waals surface area contributed by atoms with E-state index in [-0.39, 0.29) is 27.5 Å². The van der Waals surface area contributed by atoms with Crippen LogP contribution in [0.1, 0.15) is 81.0 Å². The quantitative estimate of drug-likeness (QED) is 0.233. The second kappa shape index (κ2) is 12.3. The first-order chi connectivity index (χ1) is 19.5. The first-order valence-electron chi connectivity index (χ1n) is 15.1. The smallest absolute Gasteiger partial charge is 0.169 e. The summed E-state index contributed by atoms with van der Waals surface area (Å²) in [5.74, 6) is 1.90. The number of ketones is 1. The first-order valence-corrected chi connectivity index (χ1v) is 15.8. The zero-order valence-corrected chi connectivity index (χ0v) is 24.5. The fourth-order valence-corrected chi connectivity index (χ4v) is 7.15. The molecule has 1 atom stereocenters. The molecule has 212 valence electrons. The Morgan fingerprint density at radius 3 is 2.35 bits per heavy atom. The van der Waals surface area contributed by atoms with Gasteiger partial charge in [-0.3, -0.25) is 9.78 Å². The number of aromatic nitrogens is 1. The predicted octanol–water partition coefficient (Wildman–Crippen LogP) is 8.65. The van der Waals surface area contributed by atoms with Crippen molar-refractivity contribution in [1.82, 2.24) is 10.3 Å². The van der Waals surface area contributed by atoms with Gasteiger partial charge in [0.15, 0.2) is 11.5 Å². The minimum Gasteiger partial charge on any atom is -0.505 e. The zero-order valence-electron chi connectivity index (χ0n) is 23.0.